The third-order valence-electron chi connectivity index (χ3n) is 1.62. The van der Waals surface area contributed by atoms with Crippen LogP contribution in [0.2, 0.25) is 8.87 Å². The van der Waals surface area contributed by atoms with Crippen molar-refractivity contribution in [2.75, 3.05) is 0 Å². The van der Waals surface area contributed by atoms with Gasteiger partial charge in [-0.05, 0) is 0 Å². The second-order valence-corrected chi connectivity index (χ2v) is 9.38. The van der Waals surface area contributed by atoms with E-state index in [1.165, 1.54) is 32.1 Å². The van der Waals surface area contributed by atoms with E-state index in [1.807, 2.05) is 0 Å². The van der Waals surface area contributed by atoms with Crippen molar-refractivity contribution in [1.29, 1.82) is 0 Å². The van der Waals surface area contributed by atoms with Crippen LogP contribution < -0.4 is 0 Å². The number of hydrogen-bond donors (Lipinski definition) is 0. The van der Waals surface area contributed by atoms with E-state index in [-0.39, 0.29) is 0 Å². The van der Waals surface area contributed by atoms with Gasteiger partial charge in [-0.2, -0.15) is 0 Å². The van der Waals surface area contributed by atoms with Gasteiger partial charge in [-0.15, -0.1) is 0 Å². The molecule has 2 heteroatoms. The van der Waals surface area contributed by atoms with Crippen molar-refractivity contribution in [2.45, 2.75) is 68.7 Å². The molecule has 0 aliphatic rings. The van der Waals surface area contributed by atoms with Gasteiger partial charge in [0.15, 0.2) is 0 Å². The van der Waals surface area contributed by atoms with E-state index in [2.05, 4.69) is 27.7 Å². The van der Waals surface area contributed by atoms with Crippen molar-refractivity contribution in [2.24, 2.45) is 0 Å². The first-order valence-electron chi connectivity index (χ1n) is 5.74. The number of rotatable bonds is 6. The third-order valence-corrected chi connectivity index (χ3v) is 6.82. The second kappa shape index (κ2) is 15.1. The molecule has 0 aliphatic carbocycles. The molecule has 0 fully saturated rings. The summed E-state index contributed by atoms with van der Waals surface area (Å²) in [6.45, 7) is 8.58. The Labute approximate surface area is 91.4 Å². The summed E-state index contributed by atoms with van der Waals surface area (Å²) in [7, 11) is 0. The molecule has 0 radical (unpaired) electrons. The molecule has 0 rings (SSSR count). The Morgan fingerprint density at radius 3 is 1.38 bits per heavy atom. The van der Waals surface area contributed by atoms with Gasteiger partial charge in [0.25, 0.3) is 0 Å². The van der Waals surface area contributed by atoms with Crippen molar-refractivity contribution in [3.05, 3.63) is 0 Å². The Hall–Kier alpha value is 0.599. The number of unbranched alkanes of at least 4 members (excludes halogenated alkanes) is 2. The van der Waals surface area contributed by atoms with Crippen LogP contribution in [0.5, 0.6) is 0 Å². The summed E-state index contributed by atoms with van der Waals surface area (Å²) in [6.07, 6.45) is 6.06. The molecule has 0 heterocycles. The monoisotopic (exact) mass is 294 g/mol. The van der Waals surface area contributed by atoms with E-state index >= 15 is 0 Å². The zero-order chi connectivity index (χ0) is 10.5. The molecule has 0 saturated heterocycles. The Kier molecular flexibility index (Phi) is 18.6. The Balaban J connectivity index is 0. The van der Waals surface area contributed by atoms with Crippen molar-refractivity contribution in [1.82, 2.24) is 0 Å². The van der Waals surface area contributed by atoms with Gasteiger partial charge in [0.05, 0.1) is 0 Å². The average molecular weight is 293 g/mol. The molecule has 0 aliphatic heterocycles. The summed E-state index contributed by atoms with van der Waals surface area (Å²) in [5.41, 5.74) is 0. The zero-order valence-corrected chi connectivity index (χ0v) is 12.7. The topological polar surface area (TPSA) is 17.1 Å². The fraction of sp³-hybridized carbons (Fsp3) is 1.00. The molecule has 0 aromatic heterocycles. The minimum atomic E-state index is -1.99. The zero-order valence-electron chi connectivity index (χ0n) is 9.86. The summed E-state index contributed by atoms with van der Waals surface area (Å²) in [6, 6.07) is 0. The van der Waals surface area contributed by atoms with Crippen molar-refractivity contribution >= 4 is 19.7 Å². The molecule has 13 heavy (non-hydrogen) atoms. The second-order valence-electron chi connectivity index (χ2n) is 3.45. The van der Waals surface area contributed by atoms with Gasteiger partial charge in [0.2, 0.25) is 0 Å². The minimum absolute atomic E-state index is 1.08. The first-order valence-corrected chi connectivity index (χ1v) is 10.9. The van der Waals surface area contributed by atoms with E-state index in [4.69, 9.17) is 0 Å². The van der Waals surface area contributed by atoms with Crippen LogP contribution >= 0.6 is 0 Å². The summed E-state index contributed by atoms with van der Waals surface area (Å²) in [5.74, 6) is 0. The summed E-state index contributed by atoms with van der Waals surface area (Å²) in [4.78, 5) is 0. The van der Waals surface area contributed by atoms with Crippen LogP contribution in [-0.2, 0) is 3.08 Å². The van der Waals surface area contributed by atoms with Crippen molar-refractivity contribution in [3.63, 3.8) is 0 Å². The third kappa shape index (κ3) is 19.1. The first-order chi connectivity index (χ1) is 6.22. The fourth-order valence-electron chi connectivity index (χ4n) is 0.873. The summed E-state index contributed by atoms with van der Waals surface area (Å²) >= 11 is -1.99. The van der Waals surface area contributed by atoms with E-state index in [9.17, 15) is 3.08 Å². The maximum atomic E-state index is 11.2. The van der Waals surface area contributed by atoms with Crippen molar-refractivity contribution in [3.8, 4) is 0 Å². The number of hydrogen-bond acceptors (Lipinski definition) is 1. The molecule has 80 valence electrons. The molecule has 0 spiro atoms. The average Bonchev–Trinajstić information content (AvgIpc) is 2.12. The summed E-state index contributed by atoms with van der Waals surface area (Å²) in [5, 5.41) is 0. The molecule has 0 aromatic carbocycles. The van der Waals surface area contributed by atoms with E-state index < -0.39 is 19.7 Å². The van der Waals surface area contributed by atoms with Crippen LogP contribution in [0.1, 0.15) is 59.8 Å². The molecule has 0 bridgehead atoms. The van der Waals surface area contributed by atoms with Crippen LogP contribution in [0, 0.1) is 0 Å². The van der Waals surface area contributed by atoms with Crippen LogP contribution in [0.3, 0.4) is 0 Å². The summed E-state index contributed by atoms with van der Waals surface area (Å²) < 4.78 is 13.4. The van der Waals surface area contributed by atoms with Crippen molar-refractivity contribution < 1.29 is 3.08 Å². The van der Waals surface area contributed by atoms with E-state index in [1.54, 1.807) is 0 Å². The van der Waals surface area contributed by atoms with Gasteiger partial charge in [-0.1, -0.05) is 20.3 Å². The molecular formula is C11H26OSn. The molecule has 0 unspecified atom stereocenters. The van der Waals surface area contributed by atoms with E-state index in [0.29, 0.717) is 0 Å². The van der Waals surface area contributed by atoms with Crippen LogP contribution in [0.4, 0.5) is 0 Å². The van der Waals surface area contributed by atoms with Gasteiger partial charge >= 0.3 is 71.2 Å². The van der Waals surface area contributed by atoms with Gasteiger partial charge in [-0.3, -0.25) is 0 Å². The standard InChI is InChI=1S/2C4H9.C3H8.O.Sn/c2*1-3-4-2;1-3-2;;/h2*1,3-4H2,2H3;3H2,1-2H3;;. The van der Waals surface area contributed by atoms with Crippen LogP contribution in [-0.4, -0.2) is 19.7 Å². The molecule has 0 aromatic rings. The van der Waals surface area contributed by atoms with Gasteiger partial charge in [0, 0.05) is 0 Å². The molecule has 1 nitrogen and oxygen atoms in total. The molecule has 0 atom stereocenters. The molecule has 0 N–H and O–H groups in total. The predicted molar refractivity (Wildman–Crippen MR) is 61.8 cm³/mol. The molecule has 0 amide bonds. The van der Waals surface area contributed by atoms with Crippen LogP contribution in [0.15, 0.2) is 0 Å². The quantitative estimate of drug-likeness (QED) is 0.662. The van der Waals surface area contributed by atoms with E-state index in [0.717, 1.165) is 8.87 Å². The van der Waals surface area contributed by atoms with Crippen LogP contribution in [0.25, 0.3) is 0 Å². The Morgan fingerprint density at radius 1 is 0.846 bits per heavy atom. The first kappa shape index (κ1) is 16.0. The van der Waals surface area contributed by atoms with Gasteiger partial charge in [0.1, 0.15) is 0 Å². The molecule has 0 saturated carbocycles. The Morgan fingerprint density at radius 2 is 1.15 bits per heavy atom. The maximum absolute atomic E-state index is 11.2. The predicted octanol–water partition coefficient (Wildman–Crippen LogP) is 4.42. The van der Waals surface area contributed by atoms with Gasteiger partial charge in [-0.25, -0.2) is 0 Å². The Bertz CT molecular complexity index is 92.3. The van der Waals surface area contributed by atoms with Gasteiger partial charge < -0.3 is 0 Å². The SMILES string of the molecule is CCC.CCC[CH2][Sn](=[O])[CH2]CCC. The normalized spacial score (nSPS) is 8.92. The fourth-order valence-corrected chi connectivity index (χ4v) is 5.86. The molecular weight excluding hydrogens is 267 g/mol.